The number of rotatable bonds is 15. The fourth-order valence-corrected chi connectivity index (χ4v) is 5.43. The van der Waals surface area contributed by atoms with Crippen LogP contribution in [0.2, 0.25) is 5.02 Å². The number of hydrogen-bond donors (Lipinski definition) is 1. The molecule has 5 rings (SSSR count). The van der Waals surface area contributed by atoms with Crippen LogP contribution in [0.15, 0.2) is 78.1 Å². The molecule has 13 nitrogen and oxygen atoms in total. The largest absolute Gasteiger partial charge is 0.497 e. The smallest absolute Gasteiger partial charge is 0.313 e. The molecule has 51 heavy (non-hydrogen) atoms. The lowest BCUT2D eigenvalue weighted by molar-refractivity contribution is -0.151. The Bertz CT molecular complexity index is 1910. The third kappa shape index (κ3) is 9.27. The van der Waals surface area contributed by atoms with Crippen LogP contribution in [0.25, 0.3) is 11.3 Å². The Balaban J connectivity index is 1.42. The molecule has 1 amide bonds. The highest BCUT2D eigenvalue weighted by Crippen LogP contribution is 2.33. The molecular weight excluding hydrogens is 696 g/mol. The minimum Gasteiger partial charge on any atom is -0.497 e. The summed E-state index contributed by atoms with van der Waals surface area (Å²) in [5.41, 5.74) is 2.34. The summed E-state index contributed by atoms with van der Waals surface area (Å²) in [6.07, 6.45) is 3.52. The molecule has 3 aromatic carbocycles. The lowest BCUT2D eigenvalue weighted by Gasteiger charge is -2.20. The Hall–Kier alpha value is -5.34. The predicted molar refractivity (Wildman–Crippen MR) is 193 cm³/mol. The molecule has 0 bridgehead atoms. The number of thioether (sulfide) groups is 1. The van der Waals surface area contributed by atoms with Crippen LogP contribution < -0.4 is 24.3 Å². The standard InChI is InChI=1S/C36H37ClN6O7S/c1-36(2,34(45)48-5)21-43-18-29(41-42-43)24-11-16-28(27(37)17-24)38-31(44)30-32(49-19-22-7-12-25(46-3)13-8-22)39-35(51-6)40-33(30)50-20-23-9-14-26(47-4)15-10-23/h7-18H,19-21H2,1-6H3,(H,38,44). The molecule has 15 heteroatoms. The number of amides is 1. The van der Waals surface area contributed by atoms with Crippen LogP contribution >= 0.6 is 23.4 Å². The van der Waals surface area contributed by atoms with Gasteiger partial charge in [0.1, 0.15) is 30.4 Å². The van der Waals surface area contributed by atoms with E-state index in [1.54, 1.807) is 57.1 Å². The zero-order valence-electron chi connectivity index (χ0n) is 28.9. The highest BCUT2D eigenvalue weighted by Gasteiger charge is 2.30. The zero-order chi connectivity index (χ0) is 36.5. The number of methoxy groups -OCH3 is 3. The van der Waals surface area contributed by atoms with E-state index in [-0.39, 0.29) is 48.1 Å². The third-order valence-corrected chi connectivity index (χ3v) is 8.51. The normalized spacial score (nSPS) is 11.1. The van der Waals surface area contributed by atoms with Crippen molar-refractivity contribution in [3.05, 3.63) is 94.6 Å². The first-order chi connectivity index (χ1) is 24.5. The molecule has 0 aliphatic heterocycles. The average Bonchev–Trinajstić information content (AvgIpc) is 3.61. The number of aromatic nitrogens is 5. The van der Waals surface area contributed by atoms with Gasteiger partial charge in [0.05, 0.1) is 50.2 Å². The number of hydrogen-bond acceptors (Lipinski definition) is 12. The molecule has 0 aliphatic carbocycles. The van der Waals surface area contributed by atoms with Crippen molar-refractivity contribution in [3.8, 4) is 34.5 Å². The van der Waals surface area contributed by atoms with Gasteiger partial charge in [-0.25, -0.2) is 0 Å². The number of carbonyl (C=O) groups excluding carboxylic acids is 2. The molecule has 0 unspecified atom stereocenters. The van der Waals surface area contributed by atoms with E-state index in [9.17, 15) is 9.59 Å². The maximum Gasteiger partial charge on any atom is 0.313 e. The van der Waals surface area contributed by atoms with Gasteiger partial charge < -0.3 is 29.0 Å². The van der Waals surface area contributed by atoms with E-state index in [1.165, 1.54) is 18.9 Å². The molecule has 2 aromatic heterocycles. The van der Waals surface area contributed by atoms with Gasteiger partial charge in [-0.05, 0) is 67.6 Å². The van der Waals surface area contributed by atoms with E-state index in [1.807, 2.05) is 54.8 Å². The van der Waals surface area contributed by atoms with Crippen LogP contribution in [0.3, 0.4) is 0 Å². The lowest BCUT2D eigenvalue weighted by Crippen LogP contribution is -2.30. The van der Waals surface area contributed by atoms with Crippen LogP contribution in [0.4, 0.5) is 5.69 Å². The van der Waals surface area contributed by atoms with Crippen molar-refractivity contribution in [2.24, 2.45) is 5.41 Å². The van der Waals surface area contributed by atoms with Gasteiger partial charge in [-0.2, -0.15) is 9.97 Å². The second-order valence-electron chi connectivity index (χ2n) is 11.8. The minimum absolute atomic E-state index is 0.00821. The Labute approximate surface area is 304 Å². The first-order valence-corrected chi connectivity index (χ1v) is 17.2. The van der Waals surface area contributed by atoms with Gasteiger partial charge in [-0.15, -0.1) is 5.10 Å². The second kappa shape index (κ2) is 16.6. The summed E-state index contributed by atoms with van der Waals surface area (Å²) in [7, 11) is 4.53. The van der Waals surface area contributed by atoms with Crippen LogP contribution in [0.1, 0.15) is 35.3 Å². The Morgan fingerprint density at radius 1 is 0.863 bits per heavy atom. The van der Waals surface area contributed by atoms with Gasteiger partial charge in [0.25, 0.3) is 5.91 Å². The summed E-state index contributed by atoms with van der Waals surface area (Å²) >= 11 is 7.98. The topological polar surface area (TPSA) is 149 Å². The molecule has 0 fully saturated rings. The third-order valence-electron chi connectivity index (χ3n) is 7.65. The van der Waals surface area contributed by atoms with E-state index in [2.05, 4.69) is 25.6 Å². The Morgan fingerprint density at radius 3 is 1.92 bits per heavy atom. The molecule has 0 saturated heterocycles. The SMILES string of the molecule is COC(=O)C(C)(C)Cn1cc(-c2ccc(NC(=O)c3c(OCc4ccc(OC)cc4)nc(SC)nc3OCc3ccc(OC)cc3)c(Cl)c2)nn1. The number of ether oxygens (including phenoxy) is 5. The van der Waals surface area contributed by atoms with Crippen LogP contribution in [0, 0.1) is 5.41 Å². The number of esters is 1. The molecule has 5 aromatic rings. The quantitative estimate of drug-likeness (QED) is 0.0690. The van der Waals surface area contributed by atoms with Gasteiger partial charge in [-0.3, -0.25) is 14.3 Å². The van der Waals surface area contributed by atoms with Crippen LogP contribution in [0.5, 0.6) is 23.3 Å². The van der Waals surface area contributed by atoms with E-state index in [0.717, 1.165) is 11.1 Å². The van der Waals surface area contributed by atoms with Gasteiger partial charge in [0.2, 0.25) is 11.8 Å². The fraction of sp³-hybridized carbons (Fsp3) is 0.278. The molecular formula is C36H37ClN6O7S. The van der Waals surface area contributed by atoms with E-state index in [0.29, 0.717) is 33.6 Å². The summed E-state index contributed by atoms with van der Waals surface area (Å²) in [6, 6.07) is 19.8. The number of anilines is 1. The van der Waals surface area contributed by atoms with Crippen molar-refractivity contribution in [1.82, 2.24) is 25.0 Å². The fourth-order valence-electron chi connectivity index (χ4n) is 4.86. The van der Waals surface area contributed by atoms with Gasteiger partial charge in [-0.1, -0.05) is 58.9 Å². The maximum absolute atomic E-state index is 14.1. The maximum atomic E-state index is 14.1. The number of benzene rings is 3. The average molecular weight is 733 g/mol. The number of halogens is 1. The zero-order valence-corrected chi connectivity index (χ0v) is 30.5. The van der Waals surface area contributed by atoms with Crippen molar-refractivity contribution in [2.45, 2.75) is 38.8 Å². The van der Waals surface area contributed by atoms with Crippen LogP contribution in [-0.4, -0.2) is 64.4 Å². The predicted octanol–water partition coefficient (Wildman–Crippen LogP) is 6.74. The van der Waals surface area contributed by atoms with E-state index in [4.69, 9.17) is 35.3 Å². The monoisotopic (exact) mass is 732 g/mol. The number of nitrogens with one attached hydrogen (secondary N) is 1. The molecule has 1 N–H and O–H groups in total. The summed E-state index contributed by atoms with van der Waals surface area (Å²) < 4.78 is 29.3. The minimum atomic E-state index is -0.808. The molecule has 2 heterocycles. The molecule has 0 radical (unpaired) electrons. The highest BCUT2D eigenvalue weighted by atomic mass is 35.5. The first-order valence-electron chi connectivity index (χ1n) is 15.6. The molecule has 0 aliphatic rings. The van der Waals surface area contributed by atoms with Crippen LogP contribution in [-0.2, 0) is 29.3 Å². The number of nitrogens with zero attached hydrogens (tertiary/aromatic N) is 5. The number of carbonyl (C=O) groups is 2. The lowest BCUT2D eigenvalue weighted by atomic mass is 9.94. The Kier molecular flexibility index (Phi) is 12.0. The van der Waals surface area contributed by atoms with Gasteiger partial charge >= 0.3 is 5.97 Å². The molecule has 266 valence electrons. The van der Waals surface area contributed by atoms with Crippen molar-refractivity contribution in [3.63, 3.8) is 0 Å². The molecule has 0 saturated carbocycles. The Morgan fingerprint density at radius 2 is 1.43 bits per heavy atom. The van der Waals surface area contributed by atoms with Crippen molar-refractivity contribution in [2.75, 3.05) is 32.9 Å². The van der Waals surface area contributed by atoms with Gasteiger partial charge in [0.15, 0.2) is 10.7 Å². The summed E-state index contributed by atoms with van der Waals surface area (Å²) in [6.45, 7) is 4.01. The van der Waals surface area contributed by atoms with Gasteiger partial charge in [0, 0.05) is 5.56 Å². The van der Waals surface area contributed by atoms with E-state index >= 15 is 0 Å². The van der Waals surface area contributed by atoms with Crippen molar-refractivity contribution in [1.29, 1.82) is 0 Å². The summed E-state index contributed by atoms with van der Waals surface area (Å²) in [4.78, 5) is 35.3. The molecule has 0 spiro atoms. The van der Waals surface area contributed by atoms with E-state index < -0.39 is 11.3 Å². The first kappa shape index (κ1) is 36.9. The highest BCUT2D eigenvalue weighted by molar-refractivity contribution is 7.98. The second-order valence-corrected chi connectivity index (χ2v) is 13.0. The summed E-state index contributed by atoms with van der Waals surface area (Å²) in [5.74, 6) is 0.519. The van der Waals surface area contributed by atoms with Crippen molar-refractivity contribution < 1.29 is 33.3 Å². The summed E-state index contributed by atoms with van der Waals surface area (Å²) in [5, 5.41) is 11.8. The molecule has 0 atom stereocenters. The van der Waals surface area contributed by atoms with Crippen molar-refractivity contribution >= 4 is 40.9 Å².